The molecule has 1 aromatic rings. The van der Waals surface area contributed by atoms with Crippen molar-refractivity contribution in [2.24, 2.45) is 0 Å². The third-order valence-electron chi connectivity index (χ3n) is 1.58. The fraction of sp³-hybridized carbons (Fsp3) is 0.222. The molecule has 0 fully saturated rings. The molecule has 0 atom stereocenters. The predicted molar refractivity (Wildman–Crippen MR) is 42.3 cm³/mol. The molecular formula is C9H12FN. The van der Waals surface area contributed by atoms with Crippen LogP contribution in [0.15, 0.2) is 24.3 Å². The van der Waals surface area contributed by atoms with Crippen LogP contribution in [0.2, 0.25) is 0 Å². The second kappa shape index (κ2) is 4.09. The van der Waals surface area contributed by atoms with Gasteiger partial charge in [0, 0.05) is 6.42 Å². The zero-order valence-electron chi connectivity index (χ0n) is 6.39. The molecule has 1 rings (SSSR count). The molecule has 2 N–H and O–H groups in total. The molecule has 60 valence electrons. The van der Waals surface area contributed by atoms with Crippen molar-refractivity contribution in [3.8, 4) is 0 Å². The summed E-state index contributed by atoms with van der Waals surface area (Å²) < 4.78 is 12.9. The largest absolute Gasteiger partial charge is 0.479 e. The first-order chi connectivity index (χ1) is 5.34. The van der Waals surface area contributed by atoms with E-state index in [9.17, 15) is 4.39 Å². The van der Waals surface area contributed by atoms with Crippen LogP contribution in [-0.2, 0) is 6.42 Å². The van der Waals surface area contributed by atoms with E-state index < -0.39 is 0 Å². The zero-order chi connectivity index (χ0) is 8.10. The monoisotopic (exact) mass is 153 g/mol. The van der Waals surface area contributed by atoms with Crippen molar-refractivity contribution in [2.45, 2.75) is 6.42 Å². The van der Waals surface area contributed by atoms with Gasteiger partial charge in [-0.05, 0) is 11.6 Å². The highest BCUT2D eigenvalue weighted by atomic mass is 19.1. The fourth-order valence-electron chi connectivity index (χ4n) is 0.959. The van der Waals surface area contributed by atoms with Crippen molar-refractivity contribution in [1.82, 2.24) is 0 Å². The molecule has 0 aliphatic rings. The predicted octanol–water partition coefficient (Wildman–Crippen LogP) is 0.723. The van der Waals surface area contributed by atoms with Gasteiger partial charge in [-0.25, -0.2) is 4.39 Å². The van der Waals surface area contributed by atoms with Crippen molar-refractivity contribution < 1.29 is 9.71 Å². The van der Waals surface area contributed by atoms with E-state index in [2.05, 4.69) is 7.05 Å². The van der Waals surface area contributed by atoms with E-state index in [0.29, 0.717) is 0 Å². The van der Waals surface area contributed by atoms with E-state index in [-0.39, 0.29) is 5.82 Å². The minimum Gasteiger partial charge on any atom is -0.479 e. The third kappa shape index (κ3) is 2.31. The summed E-state index contributed by atoms with van der Waals surface area (Å²) in [6.07, 6.45) is 0.746. The Kier molecular flexibility index (Phi) is 3.05. The lowest BCUT2D eigenvalue weighted by Crippen LogP contribution is -2.77. The molecule has 1 nitrogen and oxygen atoms in total. The summed E-state index contributed by atoms with van der Waals surface area (Å²) in [6.45, 7) is 0.834. The molecule has 1 aromatic carbocycles. The van der Waals surface area contributed by atoms with E-state index in [4.69, 9.17) is 0 Å². The molecule has 0 saturated carbocycles. The summed E-state index contributed by atoms with van der Waals surface area (Å²) in [5.74, 6) is -0.116. The molecule has 0 aliphatic heterocycles. The van der Waals surface area contributed by atoms with Crippen molar-refractivity contribution in [2.75, 3.05) is 6.54 Å². The Morgan fingerprint density at radius 1 is 1.36 bits per heavy atom. The molecule has 0 unspecified atom stereocenters. The van der Waals surface area contributed by atoms with E-state index in [1.807, 2.05) is 6.07 Å². The van der Waals surface area contributed by atoms with Gasteiger partial charge in [0.05, 0.1) is 6.54 Å². The van der Waals surface area contributed by atoms with Gasteiger partial charge in [0.1, 0.15) is 5.82 Å². The van der Waals surface area contributed by atoms with Crippen molar-refractivity contribution in [3.63, 3.8) is 0 Å². The molecule has 0 radical (unpaired) electrons. The molecule has 0 bridgehead atoms. The van der Waals surface area contributed by atoms with Gasteiger partial charge in [-0.2, -0.15) is 7.05 Å². The van der Waals surface area contributed by atoms with Gasteiger partial charge in [-0.1, -0.05) is 18.2 Å². The summed E-state index contributed by atoms with van der Waals surface area (Å²) in [5, 5.41) is 1.80. The normalized spacial score (nSPS) is 10.0. The van der Waals surface area contributed by atoms with Gasteiger partial charge >= 0.3 is 0 Å². The van der Waals surface area contributed by atoms with Gasteiger partial charge in [-0.15, -0.1) is 0 Å². The number of rotatable bonds is 3. The van der Waals surface area contributed by atoms with E-state index in [1.54, 1.807) is 17.4 Å². The van der Waals surface area contributed by atoms with Crippen molar-refractivity contribution >= 4 is 0 Å². The topological polar surface area (TPSA) is 16.6 Å². The van der Waals surface area contributed by atoms with E-state index in [1.165, 1.54) is 6.07 Å². The standard InChI is InChI=1S/C9H12FN/c1-11-7-6-8-4-2-3-5-9(8)10/h2-5H,1,6-7,11H2. The van der Waals surface area contributed by atoms with E-state index in [0.717, 1.165) is 18.5 Å². The Morgan fingerprint density at radius 2 is 2.09 bits per heavy atom. The fourth-order valence-corrected chi connectivity index (χ4v) is 0.959. The molecule has 0 saturated heterocycles. The molecule has 0 heterocycles. The average Bonchev–Trinajstić information content (AvgIpc) is 2.03. The summed E-state index contributed by atoms with van der Waals surface area (Å²) in [7, 11) is 3.58. The van der Waals surface area contributed by atoms with Crippen LogP contribution in [0.25, 0.3) is 0 Å². The Hall–Kier alpha value is -0.890. The van der Waals surface area contributed by atoms with Gasteiger partial charge in [0.15, 0.2) is 0 Å². The summed E-state index contributed by atoms with van der Waals surface area (Å²) in [5.41, 5.74) is 0.771. The minimum atomic E-state index is -0.116. The second-order valence-electron chi connectivity index (χ2n) is 2.42. The molecule has 2 heteroatoms. The maximum Gasteiger partial charge on any atom is 0.126 e. The van der Waals surface area contributed by atoms with Crippen LogP contribution in [0.3, 0.4) is 0 Å². The molecular weight excluding hydrogens is 141 g/mol. The van der Waals surface area contributed by atoms with Crippen LogP contribution >= 0.6 is 0 Å². The average molecular weight is 153 g/mol. The van der Waals surface area contributed by atoms with Gasteiger partial charge < -0.3 is 5.32 Å². The van der Waals surface area contributed by atoms with Crippen LogP contribution in [0.4, 0.5) is 4.39 Å². The Labute approximate surface area is 66.2 Å². The quantitative estimate of drug-likeness (QED) is 0.616. The van der Waals surface area contributed by atoms with Crippen LogP contribution in [0, 0.1) is 12.9 Å². The maximum absolute atomic E-state index is 12.9. The molecule has 11 heavy (non-hydrogen) atoms. The van der Waals surface area contributed by atoms with Crippen LogP contribution < -0.4 is 5.32 Å². The van der Waals surface area contributed by atoms with Gasteiger partial charge in [0.2, 0.25) is 0 Å². The second-order valence-corrected chi connectivity index (χ2v) is 2.42. The lowest BCUT2D eigenvalue weighted by Gasteiger charge is -2.01. The smallest absolute Gasteiger partial charge is 0.126 e. The van der Waals surface area contributed by atoms with Crippen molar-refractivity contribution in [3.05, 3.63) is 42.7 Å². The van der Waals surface area contributed by atoms with Crippen LogP contribution in [0.5, 0.6) is 0 Å². The summed E-state index contributed by atoms with van der Waals surface area (Å²) >= 11 is 0. The van der Waals surface area contributed by atoms with Crippen LogP contribution in [-0.4, -0.2) is 6.54 Å². The molecule has 0 spiro atoms. The highest BCUT2D eigenvalue weighted by Gasteiger charge is 1.98. The molecule has 0 aliphatic carbocycles. The van der Waals surface area contributed by atoms with Gasteiger partial charge in [-0.3, -0.25) is 0 Å². The molecule has 0 aromatic heterocycles. The third-order valence-corrected chi connectivity index (χ3v) is 1.58. The van der Waals surface area contributed by atoms with Crippen LogP contribution in [0.1, 0.15) is 5.56 Å². The number of halogens is 1. The Balaban J connectivity index is 2.62. The number of quaternary nitrogens is 1. The first kappa shape index (κ1) is 8.21. The summed E-state index contributed by atoms with van der Waals surface area (Å²) in [4.78, 5) is 0. The molecule has 0 amide bonds. The number of hydrogen-bond acceptors (Lipinski definition) is 0. The zero-order valence-corrected chi connectivity index (χ0v) is 6.39. The summed E-state index contributed by atoms with van der Waals surface area (Å²) in [6, 6.07) is 6.84. The SMILES string of the molecule is [CH2-][NH2+]CCc1ccccc1F. The van der Waals surface area contributed by atoms with Crippen molar-refractivity contribution in [1.29, 1.82) is 0 Å². The lowest BCUT2D eigenvalue weighted by molar-refractivity contribution is -0.594. The lowest BCUT2D eigenvalue weighted by atomic mass is 10.1. The number of benzene rings is 1. The Bertz CT molecular complexity index is 223. The highest BCUT2D eigenvalue weighted by molar-refractivity contribution is 5.17. The maximum atomic E-state index is 12.9. The minimum absolute atomic E-state index is 0.116. The number of hydrogen-bond donors (Lipinski definition) is 1. The van der Waals surface area contributed by atoms with E-state index >= 15 is 0 Å². The Morgan fingerprint density at radius 3 is 2.73 bits per heavy atom. The van der Waals surface area contributed by atoms with Gasteiger partial charge in [0.25, 0.3) is 0 Å². The first-order valence-electron chi connectivity index (χ1n) is 3.69. The number of nitrogens with two attached hydrogens (primary N) is 1. The highest BCUT2D eigenvalue weighted by Crippen LogP contribution is 2.05. The first-order valence-corrected chi connectivity index (χ1v) is 3.69.